The number of rotatable bonds is 7. The average molecular weight is 495 g/mol. The first-order valence-electron chi connectivity index (χ1n) is 11.0. The van der Waals surface area contributed by atoms with Gasteiger partial charge in [0.05, 0.1) is 25.3 Å². The number of nitrogens with zero attached hydrogens (tertiary/aromatic N) is 1. The number of amides is 1. The smallest absolute Gasteiger partial charge is 0.290 e. The number of fused-ring (bicyclic) bond motifs is 2. The molecule has 0 radical (unpaired) electrons. The summed E-state index contributed by atoms with van der Waals surface area (Å²) in [5.74, 6) is -1.51. The Morgan fingerprint density at radius 1 is 1.23 bits per heavy atom. The van der Waals surface area contributed by atoms with Crippen molar-refractivity contribution >= 4 is 45.2 Å². The Morgan fingerprint density at radius 2 is 2.00 bits per heavy atom. The summed E-state index contributed by atoms with van der Waals surface area (Å²) in [4.78, 5) is 31.7. The van der Waals surface area contributed by atoms with E-state index in [9.17, 15) is 14.7 Å². The summed E-state index contributed by atoms with van der Waals surface area (Å²) in [5.41, 5.74) is 2.67. The van der Waals surface area contributed by atoms with Gasteiger partial charge < -0.3 is 28.9 Å². The number of carbonyl (C=O) groups excluding carboxylic acids is 2. The Balaban J connectivity index is 1.68. The van der Waals surface area contributed by atoms with E-state index < -0.39 is 23.5 Å². The van der Waals surface area contributed by atoms with Crippen molar-refractivity contribution in [3.05, 3.63) is 75.8 Å². The molecule has 1 atom stereocenters. The number of nitrogens with one attached hydrogen (secondary N) is 1. The van der Waals surface area contributed by atoms with E-state index in [1.54, 1.807) is 12.1 Å². The van der Waals surface area contributed by atoms with Crippen molar-refractivity contribution in [1.82, 2.24) is 9.88 Å². The highest BCUT2D eigenvalue weighted by molar-refractivity contribution is 6.31. The summed E-state index contributed by atoms with van der Waals surface area (Å²) >= 11 is 6.17. The third-order valence-electron chi connectivity index (χ3n) is 6.29. The van der Waals surface area contributed by atoms with Crippen molar-refractivity contribution in [3.63, 3.8) is 0 Å². The van der Waals surface area contributed by atoms with Crippen LogP contribution in [0.2, 0.25) is 5.02 Å². The summed E-state index contributed by atoms with van der Waals surface area (Å²) in [6, 6.07) is 11.6. The van der Waals surface area contributed by atoms with Crippen molar-refractivity contribution in [1.29, 1.82) is 0 Å². The molecule has 1 unspecified atom stereocenters. The number of aliphatic hydroxyl groups is 1. The van der Waals surface area contributed by atoms with Crippen LogP contribution in [0.1, 0.15) is 27.9 Å². The molecule has 1 aliphatic rings. The number of benzene rings is 2. The molecule has 0 saturated heterocycles. The van der Waals surface area contributed by atoms with Crippen molar-refractivity contribution in [2.24, 2.45) is 0 Å². The molecule has 5 rings (SSSR count). The largest absolute Gasteiger partial charge is 0.503 e. The molecule has 0 spiro atoms. The number of ketones is 1. The summed E-state index contributed by atoms with van der Waals surface area (Å²) in [5, 5.41) is 12.8. The lowest BCUT2D eigenvalue weighted by Gasteiger charge is -2.26. The van der Waals surface area contributed by atoms with Gasteiger partial charge in [0.15, 0.2) is 22.9 Å². The lowest BCUT2D eigenvalue weighted by atomic mass is 9.93. The Hall–Kier alpha value is -3.75. The topological polar surface area (TPSA) is 105 Å². The molecule has 0 fully saturated rings. The molecule has 0 saturated carbocycles. The van der Waals surface area contributed by atoms with Gasteiger partial charge in [-0.05, 0) is 25.1 Å². The summed E-state index contributed by atoms with van der Waals surface area (Å²) in [6.45, 7) is 2.29. The Labute approximate surface area is 205 Å². The van der Waals surface area contributed by atoms with Crippen molar-refractivity contribution < 1.29 is 28.6 Å². The number of carbonyl (C=O) groups is 2. The van der Waals surface area contributed by atoms with Gasteiger partial charge >= 0.3 is 0 Å². The van der Waals surface area contributed by atoms with Crippen LogP contribution in [0.5, 0.6) is 5.75 Å². The second-order valence-corrected chi connectivity index (χ2v) is 8.77. The first-order chi connectivity index (χ1) is 16.8. The highest BCUT2D eigenvalue weighted by Gasteiger charge is 2.45. The summed E-state index contributed by atoms with van der Waals surface area (Å²) < 4.78 is 16.4. The number of ether oxygens (including phenoxy) is 2. The van der Waals surface area contributed by atoms with E-state index in [2.05, 4.69) is 4.98 Å². The third kappa shape index (κ3) is 3.66. The predicted octanol–water partition coefficient (Wildman–Crippen LogP) is 5.11. The summed E-state index contributed by atoms with van der Waals surface area (Å²) in [6.07, 6.45) is 0. The Morgan fingerprint density at radius 3 is 2.74 bits per heavy atom. The molecular formula is C26H23ClN2O6. The summed E-state index contributed by atoms with van der Waals surface area (Å²) in [7, 11) is 3.00. The van der Waals surface area contributed by atoms with Gasteiger partial charge in [-0.1, -0.05) is 29.8 Å². The second-order valence-electron chi connectivity index (χ2n) is 8.33. The van der Waals surface area contributed by atoms with Crippen LogP contribution in [-0.4, -0.2) is 54.1 Å². The van der Waals surface area contributed by atoms with Crippen LogP contribution in [0.25, 0.3) is 21.9 Å². The first-order valence-corrected chi connectivity index (χ1v) is 11.4. The fraction of sp³-hybridized carbons (Fsp3) is 0.231. The molecule has 180 valence electrons. The quantitative estimate of drug-likeness (QED) is 0.346. The van der Waals surface area contributed by atoms with E-state index in [1.807, 2.05) is 31.2 Å². The number of aliphatic hydroxyl groups excluding tert-OH is 1. The van der Waals surface area contributed by atoms with E-state index in [1.165, 1.54) is 25.2 Å². The molecule has 0 aliphatic carbocycles. The number of aromatic nitrogens is 1. The number of hydrogen-bond donors (Lipinski definition) is 2. The van der Waals surface area contributed by atoms with Crippen LogP contribution in [0.3, 0.4) is 0 Å². The highest BCUT2D eigenvalue weighted by atomic mass is 35.5. The third-order valence-corrected chi connectivity index (χ3v) is 6.51. The molecule has 9 heteroatoms. The molecule has 8 nitrogen and oxygen atoms in total. The molecule has 0 bridgehead atoms. The van der Waals surface area contributed by atoms with Gasteiger partial charge in [0.1, 0.15) is 0 Å². The number of Topliss-reactive ketones (excluding diaryl/α,β-unsaturated/α-hetero) is 1. The molecule has 2 aromatic carbocycles. The standard InChI is InChI=1S/C26H23ClN2O6/c1-13-20(16-6-4-5-7-17(16)28-13)22-21(24(31)26(32)29(22)8-9-33-2)23(30)18-11-14-10-15(27)12-19(34-3)25(14)35-18/h4-7,10-12,22,28,31H,8-9H2,1-3H3. The maximum Gasteiger partial charge on any atom is 0.290 e. The number of methoxy groups -OCH3 is 2. The highest BCUT2D eigenvalue weighted by Crippen LogP contribution is 2.44. The number of halogens is 1. The van der Waals surface area contributed by atoms with E-state index >= 15 is 0 Å². The maximum absolute atomic E-state index is 13.8. The molecule has 35 heavy (non-hydrogen) atoms. The van der Waals surface area contributed by atoms with Crippen LogP contribution in [0.15, 0.2) is 58.2 Å². The monoisotopic (exact) mass is 494 g/mol. The minimum Gasteiger partial charge on any atom is -0.503 e. The second kappa shape index (κ2) is 8.79. The number of para-hydroxylation sites is 1. The van der Waals surface area contributed by atoms with E-state index in [0.29, 0.717) is 21.7 Å². The predicted molar refractivity (Wildman–Crippen MR) is 131 cm³/mol. The first kappa shape index (κ1) is 23.0. The Kier molecular flexibility index (Phi) is 5.78. The molecule has 2 aromatic heterocycles. The van der Waals surface area contributed by atoms with Gasteiger partial charge in [-0.3, -0.25) is 9.59 Å². The normalized spacial score (nSPS) is 16.2. The number of H-pyrrole nitrogens is 1. The van der Waals surface area contributed by atoms with Crippen LogP contribution in [0.4, 0.5) is 0 Å². The lowest BCUT2D eigenvalue weighted by Crippen LogP contribution is -2.34. The zero-order chi connectivity index (χ0) is 24.9. The van der Waals surface area contributed by atoms with Gasteiger partial charge in [-0.15, -0.1) is 0 Å². The molecular weight excluding hydrogens is 472 g/mol. The zero-order valence-corrected chi connectivity index (χ0v) is 20.1. The van der Waals surface area contributed by atoms with Crippen LogP contribution < -0.4 is 4.74 Å². The fourth-order valence-corrected chi connectivity index (χ4v) is 4.96. The maximum atomic E-state index is 13.8. The average Bonchev–Trinajstić information content (AvgIpc) is 3.48. The van der Waals surface area contributed by atoms with Crippen molar-refractivity contribution in [3.8, 4) is 5.75 Å². The van der Waals surface area contributed by atoms with Gasteiger partial charge in [0.2, 0.25) is 5.78 Å². The van der Waals surface area contributed by atoms with Gasteiger partial charge in [-0.2, -0.15) is 0 Å². The number of hydrogen-bond acceptors (Lipinski definition) is 6. The van der Waals surface area contributed by atoms with Gasteiger partial charge in [0.25, 0.3) is 5.91 Å². The lowest BCUT2D eigenvalue weighted by molar-refractivity contribution is -0.130. The zero-order valence-electron chi connectivity index (χ0n) is 19.3. The van der Waals surface area contributed by atoms with Crippen LogP contribution in [0, 0.1) is 6.92 Å². The number of aryl methyl sites for hydroxylation is 1. The molecule has 2 N–H and O–H groups in total. The SMILES string of the molecule is COCCN1C(=O)C(O)=C(C(=O)c2cc3cc(Cl)cc(OC)c3o2)C1c1c(C)[nH]c2ccccc12. The minimum absolute atomic E-state index is 0.0361. The van der Waals surface area contributed by atoms with Crippen LogP contribution >= 0.6 is 11.6 Å². The van der Waals surface area contributed by atoms with E-state index in [4.69, 9.17) is 25.5 Å². The van der Waals surface area contributed by atoms with Gasteiger partial charge in [-0.25, -0.2) is 0 Å². The molecule has 1 aliphatic heterocycles. The molecule has 1 amide bonds. The number of furan rings is 1. The van der Waals surface area contributed by atoms with E-state index in [-0.39, 0.29) is 24.5 Å². The fourth-order valence-electron chi connectivity index (χ4n) is 4.74. The minimum atomic E-state index is -0.833. The molecule has 3 heterocycles. The molecule has 4 aromatic rings. The number of aromatic amines is 1. The van der Waals surface area contributed by atoms with Crippen LogP contribution in [-0.2, 0) is 9.53 Å². The van der Waals surface area contributed by atoms with E-state index in [0.717, 1.165) is 22.2 Å². The van der Waals surface area contributed by atoms with Crippen molar-refractivity contribution in [2.45, 2.75) is 13.0 Å². The Bertz CT molecular complexity index is 1520. The van der Waals surface area contributed by atoms with Crippen molar-refractivity contribution in [2.75, 3.05) is 27.4 Å². The van der Waals surface area contributed by atoms with Gasteiger partial charge in [0, 0.05) is 52.3 Å².